The first-order chi connectivity index (χ1) is 20.7. The highest BCUT2D eigenvalue weighted by Gasteiger charge is 2.40. The maximum Gasteiger partial charge on any atom is 0.311 e. The van der Waals surface area contributed by atoms with Gasteiger partial charge in [0, 0.05) is 18.9 Å². The standard InChI is InChI=1S/C33H46O11/c1-32(2,3)30(35)40-16-22(28(34)20-10-12-24(38-8)26(14-20)39-9)23(17-41-31(36)33(4,5)6)29(44-18-37-7)21-11-13-25-27(15-21)43-19-42-25/h10-15,22-23,28-29,34H,16-19H2,1-9H3/t22-,23+,28+,29-/m1/s1. The lowest BCUT2D eigenvalue weighted by atomic mass is 9.79. The minimum absolute atomic E-state index is 0.0817. The Hall–Kier alpha value is -3.54. The molecule has 4 atom stereocenters. The smallest absolute Gasteiger partial charge is 0.311 e. The summed E-state index contributed by atoms with van der Waals surface area (Å²) in [6.07, 6.45) is -2.02. The predicted octanol–water partition coefficient (Wildman–Crippen LogP) is 5.24. The number of benzene rings is 2. The largest absolute Gasteiger partial charge is 0.493 e. The molecule has 11 nitrogen and oxygen atoms in total. The first-order valence-electron chi connectivity index (χ1n) is 14.5. The molecule has 1 aliphatic rings. The van der Waals surface area contributed by atoms with Gasteiger partial charge in [0.15, 0.2) is 23.0 Å². The van der Waals surface area contributed by atoms with E-state index in [1.54, 1.807) is 71.9 Å². The van der Waals surface area contributed by atoms with Gasteiger partial charge in [0.1, 0.15) is 6.79 Å². The summed E-state index contributed by atoms with van der Waals surface area (Å²) in [6.45, 7) is 10.1. The molecule has 1 N–H and O–H groups in total. The molecular weight excluding hydrogens is 572 g/mol. The topological polar surface area (TPSA) is 128 Å². The Morgan fingerprint density at radius 3 is 1.91 bits per heavy atom. The lowest BCUT2D eigenvalue weighted by Crippen LogP contribution is -2.38. The summed E-state index contributed by atoms with van der Waals surface area (Å²) in [5.74, 6) is -0.475. The van der Waals surface area contributed by atoms with E-state index < -0.39 is 46.8 Å². The van der Waals surface area contributed by atoms with Gasteiger partial charge in [-0.3, -0.25) is 9.59 Å². The number of carbonyl (C=O) groups is 2. The predicted molar refractivity (Wildman–Crippen MR) is 161 cm³/mol. The molecule has 0 saturated heterocycles. The first kappa shape index (κ1) is 34.9. The maximum absolute atomic E-state index is 13.0. The third-order valence-electron chi connectivity index (χ3n) is 7.22. The Morgan fingerprint density at radius 1 is 0.773 bits per heavy atom. The van der Waals surface area contributed by atoms with Crippen LogP contribution in [-0.4, -0.2) is 65.2 Å². The molecule has 2 aromatic carbocycles. The van der Waals surface area contributed by atoms with Gasteiger partial charge in [-0.1, -0.05) is 12.1 Å². The van der Waals surface area contributed by atoms with Gasteiger partial charge >= 0.3 is 11.9 Å². The van der Waals surface area contributed by atoms with Crippen LogP contribution in [0.1, 0.15) is 64.9 Å². The number of esters is 2. The first-order valence-corrected chi connectivity index (χ1v) is 14.5. The van der Waals surface area contributed by atoms with Crippen LogP contribution in [0, 0.1) is 22.7 Å². The van der Waals surface area contributed by atoms with Gasteiger partial charge in [-0.15, -0.1) is 0 Å². The van der Waals surface area contributed by atoms with E-state index >= 15 is 0 Å². The monoisotopic (exact) mass is 618 g/mol. The molecule has 0 aliphatic carbocycles. The Labute approximate surface area is 259 Å². The molecule has 0 spiro atoms. The van der Waals surface area contributed by atoms with Crippen LogP contribution in [-0.2, 0) is 28.5 Å². The molecule has 0 aromatic heterocycles. The van der Waals surface area contributed by atoms with E-state index in [9.17, 15) is 14.7 Å². The zero-order valence-corrected chi connectivity index (χ0v) is 27.1. The number of rotatable bonds is 14. The molecule has 0 amide bonds. The summed E-state index contributed by atoms with van der Waals surface area (Å²) in [5.41, 5.74) is -0.448. The lowest BCUT2D eigenvalue weighted by molar-refractivity contribution is -0.170. The van der Waals surface area contributed by atoms with E-state index in [0.717, 1.165) is 0 Å². The maximum atomic E-state index is 13.0. The van der Waals surface area contributed by atoms with Crippen molar-refractivity contribution in [1.82, 2.24) is 0 Å². The number of hydrogen-bond donors (Lipinski definition) is 1. The van der Waals surface area contributed by atoms with E-state index in [1.807, 2.05) is 6.07 Å². The summed E-state index contributed by atoms with van der Waals surface area (Å²) >= 11 is 0. The minimum atomic E-state index is -1.22. The van der Waals surface area contributed by atoms with Gasteiger partial charge in [0.2, 0.25) is 6.79 Å². The van der Waals surface area contributed by atoms with Crippen LogP contribution in [0.2, 0.25) is 0 Å². The van der Waals surface area contributed by atoms with Gasteiger partial charge in [-0.2, -0.15) is 0 Å². The van der Waals surface area contributed by atoms with Gasteiger partial charge in [-0.05, 0) is 76.9 Å². The van der Waals surface area contributed by atoms with Crippen molar-refractivity contribution in [3.8, 4) is 23.0 Å². The second-order valence-electron chi connectivity index (χ2n) is 12.7. The molecule has 1 aliphatic heterocycles. The van der Waals surface area contributed by atoms with Gasteiger partial charge in [0.05, 0.1) is 50.5 Å². The highest BCUT2D eigenvalue weighted by Crippen LogP contribution is 2.43. The fourth-order valence-electron chi connectivity index (χ4n) is 4.64. The van der Waals surface area contributed by atoms with Crippen LogP contribution in [0.25, 0.3) is 0 Å². The molecule has 3 rings (SSSR count). The average Bonchev–Trinajstić information content (AvgIpc) is 3.45. The van der Waals surface area contributed by atoms with Crippen LogP contribution in [0.5, 0.6) is 23.0 Å². The number of fused-ring (bicyclic) bond motifs is 1. The molecule has 44 heavy (non-hydrogen) atoms. The second kappa shape index (κ2) is 15.0. The molecular formula is C33H46O11. The third-order valence-corrected chi connectivity index (χ3v) is 7.22. The van der Waals surface area contributed by atoms with Crippen molar-refractivity contribution in [2.24, 2.45) is 22.7 Å². The van der Waals surface area contributed by atoms with E-state index in [1.165, 1.54) is 21.3 Å². The third kappa shape index (κ3) is 8.77. The zero-order valence-electron chi connectivity index (χ0n) is 27.1. The summed E-state index contributed by atoms with van der Waals surface area (Å²) in [5, 5.41) is 12.0. The molecule has 0 saturated carbocycles. The van der Waals surface area contributed by atoms with Crippen molar-refractivity contribution in [2.45, 2.75) is 53.8 Å². The summed E-state index contributed by atoms with van der Waals surface area (Å²) < 4.78 is 45.1. The minimum Gasteiger partial charge on any atom is -0.493 e. The van der Waals surface area contributed by atoms with Crippen molar-refractivity contribution in [3.05, 3.63) is 47.5 Å². The summed E-state index contributed by atoms with van der Waals surface area (Å²) in [4.78, 5) is 26.0. The second-order valence-corrected chi connectivity index (χ2v) is 12.7. The number of carbonyl (C=O) groups excluding carboxylic acids is 2. The summed E-state index contributed by atoms with van der Waals surface area (Å²) in [6, 6.07) is 10.4. The lowest BCUT2D eigenvalue weighted by Gasteiger charge is -2.37. The highest BCUT2D eigenvalue weighted by molar-refractivity contribution is 5.75. The Balaban J connectivity index is 2.15. The number of aliphatic hydroxyl groups is 1. The fraction of sp³-hybridized carbons (Fsp3) is 0.576. The van der Waals surface area contributed by atoms with Crippen molar-refractivity contribution in [3.63, 3.8) is 0 Å². The van der Waals surface area contributed by atoms with E-state index in [0.29, 0.717) is 34.1 Å². The Bertz CT molecular complexity index is 1260. The number of ether oxygens (including phenoxy) is 8. The van der Waals surface area contributed by atoms with Crippen molar-refractivity contribution in [2.75, 3.05) is 48.1 Å². The van der Waals surface area contributed by atoms with Crippen LogP contribution >= 0.6 is 0 Å². The molecule has 11 heteroatoms. The van der Waals surface area contributed by atoms with Crippen LogP contribution in [0.4, 0.5) is 0 Å². The Morgan fingerprint density at radius 2 is 1.34 bits per heavy atom. The fourth-order valence-corrected chi connectivity index (χ4v) is 4.64. The van der Waals surface area contributed by atoms with Gasteiger partial charge < -0.3 is 43.0 Å². The molecule has 0 radical (unpaired) electrons. The average molecular weight is 619 g/mol. The summed E-state index contributed by atoms with van der Waals surface area (Å²) in [7, 11) is 4.51. The zero-order chi connectivity index (χ0) is 32.7. The van der Waals surface area contributed by atoms with Crippen LogP contribution in [0.3, 0.4) is 0 Å². The number of methoxy groups -OCH3 is 3. The molecule has 2 aromatic rings. The van der Waals surface area contributed by atoms with E-state index in [-0.39, 0.29) is 26.8 Å². The molecule has 244 valence electrons. The molecule has 0 bridgehead atoms. The van der Waals surface area contributed by atoms with Crippen molar-refractivity contribution >= 4 is 11.9 Å². The van der Waals surface area contributed by atoms with Gasteiger partial charge in [-0.25, -0.2) is 0 Å². The SMILES string of the molecule is COCO[C@H](c1ccc2c(c1)OCO2)[C@@H](COC(=O)C(C)(C)C)[C@@H](COC(=O)C(C)(C)C)[C@@H](O)c1ccc(OC)c(OC)c1. The highest BCUT2D eigenvalue weighted by atomic mass is 16.7. The van der Waals surface area contributed by atoms with E-state index in [2.05, 4.69) is 0 Å². The number of aliphatic hydroxyl groups excluding tert-OH is 1. The van der Waals surface area contributed by atoms with Gasteiger partial charge in [0.25, 0.3) is 0 Å². The van der Waals surface area contributed by atoms with Crippen LogP contribution in [0.15, 0.2) is 36.4 Å². The van der Waals surface area contributed by atoms with Crippen molar-refractivity contribution in [1.29, 1.82) is 0 Å². The Kier molecular flexibility index (Phi) is 11.9. The molecule has 0 fully saturated rings. The molecule has 0 unspecified atom stereocenters. The quantitative estimate of drug-likeness (QED) is 0.221. The van der Waals surface area contributed by atoms with Crippen molar-refractivity contribution < 1.29 is 52.6 Å². The van der Waals surface area contributed by atoms with Crippen LogP contribution < -0.4 is 18.9 Å². The van der Waals surface area contributed by atoms with E-state index in [4.69, 9.17) is 37.9 Å². The number of hydrogen-bond acceptors (Lipinski definition) is 11. The molecule has 1 heterocycles. The normalized spacial score (nSPS) is 15.6.